The average molecular weight is 222 g/mol. The lowest BCUT2D eigenvalue weighted by molar-refractivity contribution is -0.119. The number of aryl methyl sites for hydroxylation is 1. The van der Waals surface area contributed by atoms with Crippen molar-refractivity contribution in [1.29, 1.82) is 0 Å². The Morgan fingerprint density at radius 2 is 2.25 bits per heavy atom. The van der Waals surface area contributed by atoms with Gasteiger partial charge in [0.25, 0.3) is 0 Å². The molecule has 2 rings (SSSR count). The molecule has 1 N–H and O–H groups in total. The molecule has 1 aliphatic rings. The van der Waals surface area contributed by atoms with Crippen molar-refractivity contribution in [2.75, 3.05) is 32.7 Å². The predicted molar refractivity (Wildman–Crippen MR) is 61.2 cm³/mol. The molecule has 0 radical (unpaired) electrons. The molecule has 0 amide bonds. The summed E-state index contributed by atoms with van der Waals surface area (Å²) in [6, 6.07) is 0. The van der Waals surface area contributed by atoms with Gasteiger partial charge in [-0.15, -0.1) is 0 Å². The maximum atomic E-state index is 11.8. The van der Waals surface area contributed by atoms with Gasteiger partial charge in [0, 0.05) is 45.8 Å². The van der Waals surface area contributed by atoms with Gasteiger partial charge < -0.3 is 5.32 Å². The molecule has 5 heteroatoms. The number of rotatable bonds is 4. The zero-order chi connectivity index (χ0) is 11.4. The van der Waals surface area contributed by atoms with Crippen LogP contribution in [0.3, 0.4) is 0 Å². The first-order valence-corrected chi connectivity index (χ1v) is 5.66. The van der Waals surface area contributed by atoms with Gasteiger partial charge in [-0.3, -0.25) is 14.4 Å². The van der Waals surface area contributed by atoms with E-state index in [1.807, 2.05) is 13.2 Å². The Balaban J connectivity index is 1.79. The lowest BCUT2D eigenvalue weighted by atomic mass is 10.1. The van der Waals surface area contributed by atoms with Crippen LogP contribution >= 0.6 is 0 Å². The highest BCUT2D eigenvalue weighted by Gasteiger charge is 2.14. The van der Waals surface area contributed by atoms with Crippen molar-refractivity contribution in [3.8, 4) is 0 Å². The zero-order valence-electron chi connectivity index (χ0n) is 9.65. The molecule has 0 bridgehead atoms. The molecule has 2 heterocycles. The second-order valence-corrected chi connectivity index (χ2v) is 4.26. The van der Waals surface area contributed by atoms with Crippen molar-refractivity contribution >= 4 is 5.78 Å². The van der Waals surface area contributed by atoms with Crippen molar-refractivity contribution in [1.82, 2.24) is 20.0 Å². The van der Waals surface area contributed by atoms with E-state index in [1.54, 1.807) is 10.9 Å². The van der Waals surface area contributed by atoms with E-state index in [1.165, 1.54) is 0 Å². The molecule has 1 aliphatic heterocycles. The molecule has 5 nitrogen and oxygen atoms in total. The number of ketones is 1. The van der Waals surface area contributed by atoms with E-state index >= 15 is 0 Å². The molecule has 1 saturated heterocycles. The van der Waals surface area contributed by atoms with Gasteiger partial charge in [0.15, 0.2) is 5.78 Å². The van der Waals surface area contributed by atoms with E-state index in [0.717, 1.165) is 31.7 Å². The highest BCUT2D eigenvalue weighted by Crippen LogP contribution is 2.00. The number of nitrogens with one attached hydrogen (secondary N) is 1. The number of Topliss-reactive ketones (excluding diaryl/α,β-unsaturated/α-hetero) is 1. The van der Waals surface area contributed by atoms with Gasteiger partial charge in [-0.2, -0.15) is 5.10 Å². The quantitative estimate of drug-likeness (QED) is 0.742. The first-order chi connectivity index (χ1) is 7.74. The first kappa shape index (κ1) is 11.3. The van der Waals surface area contributed by atoms with Crippen LogP contribution in [0, 0.1) is 0 Å². The number of carbonyl (C=O) groups is 1. The Kier molecular flexibility index (Phi) is 3.69. The summed E-state index contributed by atoms with van der Waals surface area (Å²) < 4.78 is 1.73. The third kappa shape index (κ3) is 3.15. The topological polar surface area (TPSA) is 50.2 Å². The summed E-state index contributed by atoms with van der Waals surface area (Å²) in [7, 11) is 1.87. The minimum absolute atomic E-state index is 0.273. The largest absolute Gasteiger partial charge is 0.314 e. The van der Waals surface area contributed by atoms with E-state index in [0.29, 0.717) is 13.0 Å². The van der Waals surface area contributed by atoms with Crippen LogP contribution in [0.2, 0.25) is 0 Å². The molecule has 0 aromatic carbocycles. The molecule has 0 aliphatic carbocycles. The highest BCUT2D eigenvalue weighted by molar-refractivity contribution is 5.82. The molecule has 1 aromatic rings. The Morgan fingerprint density at radius 3 is 2.88 bits per heavy atom. The Hall–Kier alpha value is -1.20. The molecule has 0 spiro atoms. The fourth-order valence-corrected chi connectivity index (χ4v) is 1.97. The fourth-order valence-electron chi connectivity index (χ4n) is 1.97. The maximum absolute atomic E-state index is 11.8. The second-order valence-electron chi connectivity index (χ2n) is 4.26. The zero-order valence-corrected chi connectivity index (χ0v) is 9.65. The minimum atomic E-state index is 0.273. The Labute approximate surface area is 95.4 Å². The maximum Gasteiger partial charge on any atom is 0.151 e. The van der Waals surface area contributed by atoms with Crippen LogP contribution in [0.4, 0.5) is 0 Å². The molecule has 1 fully saturated rings. The third-order valence-corrected chi connectivity index (χ3v) is 2.77. The number of carbonyl (C=O) groups excluding carboxylic acids is 1. The van der Waals surface area contributed by atoms with E-state index in [2.05, 4.69) is 15.3 Å². The smallest absolute Gasteiger partial charge is 0.151 e. The van der Waals surface area contributed by atoms with E-state index in [-0.39, 0.29) is 5.78 Å². The van der Waals surface area contributed by atoms with Gasteiger partial charge in [0.1, 0.15) is 0 Å². The molecule has 16 heavy (non-hydrogen) atoms. The van der Waals surface area contributed by atoms with Crippen LogP contribution < -0.4 is 5.32 Å². The fraction of sp³-hybridized carbons (Fsp3) is 0.636. The normalized spacial score (nSPS) is 17.6. The summed E-state index contributed by atoms with van der Waals surface area (Å²) in [5.74, 6) is 0.273. The predicted octanol–water partition coefficient (Wildman–Crippen LogP) is -0.563. The van der Waals surface area contributed by atoms with Gasteiger partial charge in [0.05, 0.1) is 12.7 Å². The summed E-state index contributed by atoms with van der Waals surface area (Å²) in [5, 5.41) is 7.33. The van der Waals surface area contributed by atoms with Crippen molar-refractivity contribution in [2.45, 2.75) is 6.42 Å². The van der Waals surface area contributed by atoms with E-state index < -0.39 is 0 Å². The number of hydrogen-bond acceptors (Lipinski definition) is 4. The first-order valence-electron chi connectivity index (χ1n) is 5.66. The van der Waals surface area contributed by atoms with Gasteiger partial charge in [-0.25, -0.2) is 0 Å². The third-order valence-electron chi connectivity index (χ3n) is 2.77. The van der Waals surface area contributed by atoms with Gasteiger partial charge in [-0.05, 0) is 5.56 Å². The molecule has 1 aromatic heterocycles. The molecule has 0 unspecified atom stereocenters. The summed E-state index contributed by atoms with van der Waals surface area (Å²) in [4.78, 5) is 14.0. The number of aromatic nitrogens is 2. The van der Waals surface area contributed by atoms with Crippen LogP contribution in [-0.4, -0.2) is 53.2 Å². The number of nitrogens with zero attached hydrogens (tertiary/aromatic N) is 3. The van der Waals surface area contributed by atoms with Crippen molar-refractivity contribution in [3.63, 3.8) is 0 Å². The lowest BCUT2D eigenvalue weighted by Crippen LogP contribution is -2.45. The number of piperazine rings is 1. The summed E-state index contributed by atoms with van der Waals surface area (Å²) in [6.45, 7) is 4.48. The monoisotopic (exact) mass is 222 g/mol. The summed E-state index contributed by atoms with van der Waals surface area (Å²) >= 11 is 0. The summed E-state index contributed by atoms with van der Waals surface area (Å²) in [5.41, 5.74) is 1.00. The summed E-state index contributed by atoms with van der Waals surface area (Å²) in [6.07, 6.45) is 4.16. The van der Waals surface area contributed by atoms with Crippen molar-refractivity contribution in [3.05, 3.63) is 18.0 Å². The van der Waals surface area contributed by atoms with Crippen LogP contribution in [0.1, 0.15) is 5.56 Å². The Morgan fingerprint density at radius 1 is 1.50 bits per heavy atom. The van der Waals surface area contributed by atoms with E-state index in [9.17, 15) is 4.79 Å². The van der Waals surface area contributed by atoms with Gasteiger partial charge >= 0.3 is 0 Å². The molecule has 88 valence electrons. The standard InChI is InChI=1S/C11H18N4O/c1-14-8-10(7-13-14)6-11(16)9-15-4-2-12-3-5-15/h7-8,12H,2-6,9H2,1H3. The molecular formula is C11H18N4O. The van der Waals surface area contributed by atoms with Crippen LogP contribution in [0.15, 0.2) is 12.4 Å². The minimum Gasteiger partial charge on any atom is -0.314 e. The van der Waals surface area contributed by atoms with Gasteiger partial charge in [-0.1, -0.05) is 0 Å². The van der Waals surface area contributed by atoms with Gasteiger partial charge in [0.2, 0.25) is 0 Å². The second kappa shape index (κ2) is 5.23. The molecular weight excluding hydrogens is 204 g/mol. The van der Waals surface area contributed by atoms with E-state index in [4.69, 9.17) is 0 Å². The van der Waals surface area contributed by atoms with Crippen molar-refractivity contribution in [2.24, 2.45) is 7.05 Å². The number of hydrogen-bond donors (Lipinski definition) is 1. The SMILES string of the molecule is Cn1cc(CC(=O)CN2CCNCC2)cn1. The highest BCUT2D eigenvalue weighted by atomic mass is 16.1. The molecule has 0 saturated carbocycles. The van der Waals surface area contributed by atoms with Crippen LogP contribution in [-0.2, 0) is 18.3 Å². The Bertz CT molecular complexity index is 355. The van der Waals surface area contributed by atoms with Crippen molar-refractivity contribution < 1.29 is 4.79 Å². The van der Waals surface area contributed by atoms with Crippen LogP contribution in [0.25, 0.3) is 0 Å². The molecule has 0 atom stereocenters. The average Bonchev–Trinajstić information content (AvgIpc) is 2.65. The lowest BCUT2D eigenvalue weighted by Gasteiger charge is -2.26. The van der Waals surface area contributed by atoms with Crippen LogP contribution in [0.5, 0.6) is 0 Å².